The van der Waals surface area contributed by atoms with E-state index in [0.29, 0.717) is 24.2 Å². The van der Waals surface area contributed by atoms with Gasteiger partial charge in [-0.1, -0.05) is 12.1 Å². The van der Waals surface area contributed by atoms with E-state index >= 15 is 0 Å². The lowest BCUT2D eigenvalue weighted by Gasteiger charge is -2.31. The summed E-state index contributed by atoms with van der Waals surface area (Å²) in [6, 6.07) is 11.3. The van der Waals surface area contributed by atoms with Gasteiger partial charge in [-0.3, -0.25) is 4.79 Å². The summed E-state index contributed by atoms with van der Waals surface area (Å²) in [5.74, 6) is -1.23. The minimum atomic E-state index is -1.05. The molecule has 124 valence electrons. The number of carbonyl (C=O) groups is 2. The van der Waals surface area contributed by atoms with Crippen molar-refractivity contribution in [2.24, 2.45) is 5.92 Å². The molecule has 2 aromatic rings. The van der Waals surface area contributed by atoms with E-state index in [1.54, 1.807) is 29.8 Å². The maximum Gasteiger partial charge on any atom is 0.354 e. The number of carboxylic acids is 1. The van der Waals surface area contributed by atoms with Gasteiger partial charge in [0, 0.05) is 24.3 Å². The second-order valence-corrected chi connectivity index (χ2v) is 6.70. The van der Waals surface area contributed by atoms with Crippen molar-refractivity contribution in [2.45, 2.75) is 17.7 Å². The number of rotatable bonds is 4. The standard InChI is InChI=1S/C18H18N2O3S/c1-20-16-8-7-14(18(22)23)19-15(16)10-12(17(20)21)9-11-3-5-13(24-2)6-4-11/h3-8,12H,9-10H2,1-2H3,(H,22,23). The van der Waals surface area contributed by atoms with Gasteiger partial charge in [0.1, 0.15) is 5.69 Å². The molecular formula is C18H18N2O3S. The Morgan fingerprint density at radius 3 is 2.62 bits per heavy atom. The van der Waals surface area contributed by atoms with Gasteiger partial charge in [0.25, 0.3) is 0 Å². The highest BCUT2D eigenvalue weighted by atomic mass is 32.2. The molecule has 0 radical (unpaired) electrons. The van der Waals surface area contributed by atoms with Crippen LogP contribution < -0.4 is 4.90 Å². The van der Waals surface area contributed by atoms with Crippen molar-refractivity contribution >= 4 is 29.3 Å². The molecule has 0 aliphatic carbocycles. The van der Waals surface area contributed by atoms with E-state index in [4.69, 9.17) is 5.11 Å². The van der Waals surface area contributed by atoms with Crippen molar-refractivity contribution in [1.29, 1.82) is 0 Å². The number of benzene rings is 1. The maximum absolute atomic E-state index is 12.6. The monoisotopic (exact) mass is 342 g/mol. The topological polar surface area (TPSA) is 70.5 Å². The highest BCUT2D eigenvalue weighted by Gasteiger charge is 2.32. The Morgan fingerprint density at radius 1 is 1.29 bits per heavy atom. The lowest BCUT2D eigenvalue weighted by molar-refractivity contribution is -0.122. The third-order valence-electron chi connectivity index (χ3n) is 4.29. The molecule has 1 aliphatic heterocycles. The minimum absolute atomic E-state index is 0.0135. The maximum atomic E-state index is 12.6. The van der Waals surface area contributed by atoms with Gasteiger partial charge in [-0.2, -0.15) is 0 Å². The summed E-state index contributed by atoms with van der Waals surface area (Å²) in [6.07, 6.45) is 3.11. The number of thioether (sulfide) groups is 1. The van der Waals surface area contributed by atoms with Gasteiger partial charge in [-0.05, 0) is 42.5 Å². The van der Waals surface area contributed by atoms with Gasteiger partial charge in [-0.15, -0.1) is 11.8 Å². The molecule has 0 saturated carbocycles. The minimum Gasteiger partial charge on any atom is -0.477 e. The first-order chi connectivity index (χ1) is 11.5. The normalized spacial score (nSPS) is 16.8. The number of hydrogen-bond acceptors (Lipinski definition) is 4. The number of anilines is 1. The predicted molar refractivity (Wildman–Crippen MR) is 93.7 cm³/mol. The smallest absolute Gasteiger partial charge is 0.354 e. The lowest BCUT2D eigenvalue weighted by atomic mass is 9.89. The fourth-order valence-electron chi connectivity index (χ4n) is 2.99. The number of pyridine rings is 1. The Bertz CT molecular complexity index is 789. The highest BCUT2D eigenvalue weighted by Crippen LogP contribution is 2.30. The third-order valence-corrected chi connectivity index (χ3v) is 5.03. The van der Waals surface area contributed by atoms with E-state index in [2.05, 4.69) is 4.98 Å². The van der Waals surface area contributed by atoms with Crippen LogP contribution in [0.2, 0.25) is 0 Å². The molecule has 1 amide bonds. The average Bonchev–Trinajstić information content (AvgIpc) is 2.59. The molecule has 3 rings (SSSR count). The third kappa shape index (κ3) is 3.14. The molecule has 2 heterocycles. The summed E-state index contributed by atoms with van der Waals surface area (Å²) < 4.78 is 0. The molecule has 5 nitrogen and oxygen atoms in total. The van der Waals surface area contributed by atoms with E-state index in [-0.39, 0.29) is 17.5 Å². The molecule has 6 heteroatoms. The van der Waals surface area contributed by atoms with Crippen molar-refractivity contribution in [3.63, 3.8) is 0 Å². The Morgan fingerprint density at radius 2 is 2.00 bits per heavy atom. The number of hydrogen-bond donors (Lipinski definition) is 1. The van der Waals surface area contributed by atoms with Crippen LogP contribution in [0.5, 0.6) is 0 Å². The molecule has 0 saturated heterocycles. The number of amides is 1. The van der Waals surface area contributed by atoms with Crippen LogP contribution in [0.15, 0.2) is 41.3 Å². The molecule has 1 N–H and O–H groups in total. The van der Waals surface area contributed by atoms with E-state index in [9.17, 15) is 9.59 Å². The second kappa shape index (κ2) is 6.65. The summed E-state index contributed by atoms with van der Waals surface area (Å²) in [4.78, 5) is 30.7. The van der Waals surface area contributed by atoms with Crippen molar-refractivity contribution in [3.8, 4) is 0 Å². The summed E-state index contributed by atoms with van der Waals surface area (Å²) >= 11 is 1.68. The van der Waals surface area contributed by atoms with Gasteiger partial charge in [0.05, 0.1) is 11.4 Å². The van der Waals surface area contributed by atoms with E-state index in [1.165, 1.54) is 11.0 Å². The zero-order valence-electron chi connectivity index (χ0n) is 13.5. The number of fused-ring (bicyclic) bond motifs is 1. The van der Waals surface area contributed by atoms with Gasteiger partial charge >= 0.3 is 5.97 Å². The largest absolute Gasteiger partial charge is 0.477 e. The van der Waals surface area contributed by atoms with Crippen molar-refractivity contribution in [3.05, 3.63) is 53.3 Å². The van der Waals surface area contributed by atoms with Gasteiger partial charge in [0.2, 0.25) is 5.91 Å². The van der Waals surface area contributed by atoms with Crippen LogP contribution >= 0.6 is 11.8 Å². The van der Waals surface area contributed by atoms with E-state index < -0.39 is 5.97 Å². The quantitative estimate of drug-likeness (QED) is 0.865. The molecule has 1 aromatic carbocycles. The Hall–Kier alpha value is -2.34. The fraction of sp³-hybridized carbons (Fsp3) is 0.278. The van der Waals surface area contributed by atoms with E-state index in [0.717, 1.165) is 5.56 Å². The number of aromatic carboxylic acids is 1. The molecule has 1 atom stereocenters. The van der Waals surface area contributed by atoms with Crippen LogP contribution in [0.3, 0.4) is 0 Å². The molecule has 1 unspecified atom stereocenters. The zero-order valence-corrected chi connectivity index (χ0v) is 14.3. The Kier molecular flexibility index (Phi) is 4.57. The van der Waals surface area contributed by atoms with Crippen molar-refractivity contribution in [2.75, 3.05) is 18.2 Å². The molecule has 0 fully saturated rings. The number of aromatic nitrogens is 1. The number of nitrogens with zero attached hydrogens (tertiary/aromatic N) is 2. The van der Waals surface area contributed by atoms with Crippen molar-refractivity contribution < 1.29 is 14.7 Å². The molecule has 0 spiro atoms. The van der Waals surface area contributed by atoms with Crippen molar-refractivity contribution in [1.82, 2.24) is 4.98 Å². The molecule has 24 heavy (non-hydrogen) atoms. The molecule has 0 bridgehead atoms. The Balaban J connectivity index is 1.86. The van der Waals surface area contributed by atoms with Crippen LogP contribution in [0, 0.1) is 5.92 Å². The van der Waals surface area contributed by atoms with E-state index in [1.807, 2.05) is 30.5 Å². The highest BCUT2D eigenvalue weighted by molar-refractivity contribution is 7.98. The zero-order chi connectivity index (χ0) is 17.3. The fourth-order valence-corrected chi connectivity index (χ4v) is 3.40. The van der Waals surface area contributed by atoms with Crippen LogP contribution in [-0.2, 0) is 17.6 Å². The average molecular weight is 342 g/mol. The molecule has 1 aliphatic rings. The molecule has 1 aromatic heterocycles. The first kappa shape index (κ1) is 16.5. The number of carbonyl (C=O) groups excluding carboxylic acids is 1. The van der Waals surface area contributed by atoms with Crippen LogP contribution in [-0.4, -0.2) is 35.3 Å². The first-order valence-electron chi connectivity index (χ1n) is 7.63. The van der Waals surface area contributed by atoms with Crippen LogP contribution in [0.1, 0.15) is 21.7 Å². The summed E-state index contributed by atoms with van der Waals surface area (Å²) in [6.45, 7) is 0. The lowest BCUT2D eigenvalue weighted by Crippen LogP contribution is -2.40. The van der Waals surface area contributed by atoms with Crippen LogP contribution in [0.25, 0.3) is 0 Å². The SMILES string of the molecule is CSc1ccc(CC2Cc3nc(C(=O)O)ccc3N(C)C2=O)cc1. The Labute approximate surface area is 144 Å². The summed E-state index contributed by atoms with van der Waals surface area (Å²) in [7, 11) is 1.71. The molecular weight excluding hydrogens is 324 g/mol. The van der Waals surface area contributed by atoms with Gasteiger partial charge in [0.15, 0.2) is 0 Å². The first-order valence-corrected chi connectivity index (χ1v) is 8.85. The second-order valence-electron chi connectivity index (χ2n) is 5.82. The summed E-state index contributed by atoms with van der Waals surface area (Å²) in [5.41, 5.74) is 2.47. The van der Waals surface area contributed by atoms with Gasteiger partial charge < -0.3 is 10.0 Å². The van der Waals surface area contributed by atoms with Crippen LogP contribution in [0.4, 0.5) is 5.69 Å². The van der Waals surface area contributed by atoms with Gasteiger partial charge in [-0.25, -0.2) is 9.78 Å². The summed E-state index contributed by atoms with van der Waals surface area (Å²) in [5, 5.41) is 9.11. The number of carboxylic acid groups (broad SMARTS) is 1. The predicted octanol–water partition coefficient (Wildman–Crippen LogP) is 2.88.